The van der Waals surface area contributed by atoms with Gasteiger partial charge in [-0.1, -0.05) is 27.7 Å². The minimum atomic E-state index is -0.194. The van der Waals surface area contributed by atoms with Gasteiger partial charge in [0, 0.05) is 13.2 Å². The summed E-state index contributed by atoms with van der Waals surface area (Å²) < 4.78 is 16.9. The van der Waals surface area contributed by atoms with Crippen LogP contribution in [0.25, 0.3) is 0 Å². The number of hydrogen-bond donors (Lipinski definition) is 2. The Morgan fingerprint density at radius 2 is 0.774 bits per heavy atom. The maximum atomic E-state index is 9.45. The maximum absolute atomic E-state index is 9.45. The molecular formula is C26H54O5. The summed E-state index contributed by atoms with van der Waals surface area (Å²) in [5, 5.41) is 18.9. The molecule has 6 atom stereocenters. The van der Waals surface area contributed by atoms with Crippen molar-refractivity contribution in [3.8, 4) is 0 Å². The van der Waals surface area contributed by atoms with Gasteiger partial charge in [0.2, 0.25) is 0 Å². The standard InChI is InChI=1S/C26H54O5/c1-21(17-23(3)19-25(5)27)9-7-11-29-13-15-31-16-14-30-12-8-10-22(2)18-24(4)20-26(6)28/h21-28H,7-20H2,1-6H3. The largest absolute Gasteiger partial charge is 0.393 e. The highest BCUT2D eigenvalue weighted by molar-refractivity contribution is 4.63. The van der Waals surface area contributed by atoms with E-state index in [0.717, 1.165) is 38.9 Å². The van der Waals surface area contributed by atoms with Crippen molar-refractivity contribution in [2.24, 2.45) is 23.7 Å². The third-order valence-corrected chi connectivity index (χ3v) is 5.81. The lowest BCUT2D eigenvalue weighted by Gasteiger charge is -2.18. The van der Waals surface area contributed by atoms with Crippen molar-refractivity contribution in [3.63, 3.8) is 0 Å². The molecule has 0 saturated heterocycles. The summed E-state index contributed by atoms with van der Waals surface area (Å²) in [5.41, 5.74) is 0. The Bertz CT molecular complexity index is 341. The molecule has 2 N–H and O–H groups in total. The first-order chi connectivity index (χ1) is 14.7. The van der Waals surface area contributed by atoms with Crippen molar-refractivity contribution < 1.29 is 24.4 Å². The molecule has 5 heteroatoms. The van der Waals surface area contributed by atoms with Crippen molar-refractivity contribution in [1.82, 2.24) is 0 Å². The highest BCUT2D eigenvalue weighted by Gasteiger charge is 2.12. The van der Waals surface area contributed by atoms with Crippen LogP contribution in [0.3, 0.4) is 0 Å². The first-order valence-electron chi connectivity index (χ1n) is 12.8. The zero-order valence-electron chi connectivity index (χ0n) is 21.5. The number of hydrogen-bond acceptors (Lipinski definition) is 5. The first kappa shape index (κ1) is 30.8. The second-order valence-electron chi connectivity index (χ2n) is 10.2. The summed E-state index contributed by atoms with van der Waals surface area (Å²) in [4.78, 5) is 0. The molecule has 0 saturated carbocycles. The second kappa shape index (κ2) is 20.4. The predicted octanol–water partition coefficient (Wildman–Crippen LogP) is 5.46. The molecule has 0 aliphatic rings. The topological polar surface area (TPSA) is 68.2 Å². The summed E-state index contributed by atoms with van der Waals surface area (Å²) in [6.07, 6.45) is 8.28. The Morgan fingerprint density at radius 3 is 1.10 bits per heavy atom. The maximum Gasteiger partial charge on any atom is 0.0701 e. The van der Waals surface area contributed by atoms with Crippen LogP contribution in [0.2, 0.25) is 0 Å². The minimum absolute atomic E-state index is 0.194. The van der Waals surface area contributed by atoms with Crippen LogP contribution >= 0.6 is 0 Å². The van der Waals surface area contributed by atoms with Crippen LogP contribution in [-0.4, -0.2) is 62.1 Å². The molecule has 0 aliphatic carbocycles. The summed E-state index contributed by atoms with van der Waals surface area (Å²) in [6.45, 7) is 16.9. The van der Waals surface area contributed by atoms with E-state index in [1.807, 2.05) is 13.8 Å². The summed E-state index contributed by atoms with van der Waals surface area (Å²) in [5.74, 6) is 2.53. The fraction of sp³-hybridized carbons (Fsp3) is 1.00. The molecule has 0 radical (unpaired) electrons. The molecule has 0 rings (SSSR count). The van der Waals surface area contributed by atoms with E-state index in [0.29, 0.717) is 50.1 Å². The van der Waals surface area contributed by atoms with Gasteiger partial charge in [0.25, 0.3) is 0 Å². The molecule has 0 heterocycles. The van der Waals surface area contributed by atoms with Crippen LogP contribution in [0.4, 0.5) is 0 Å². The Labute approximate surface area is 193 Å². The van der Waals surface area contributed by atoms with E-state index >= 15 is 0 Å². The zero-order chi connectivity index (χ0) is 23.5. The van der Waals surface area contributed by atoms with Crippen molar-refractivity contribution in [1.29, 1.82) is 0 Å². The molecular weight excluding hydrogens is 392 g/mol. The first-order valence-corrected chi connectivity index (χ1v) is 12.8. The molecule has 0 aromatic rings. The Kier molecular flexibility index (Phi) is 20.3. The molecule has 31 heavy (non-hydrogen) atoms. The molecule has 0 amide bonds. The Hall–Kier alpha value is -0.200. The van der Waals surface area contributed by atoms with Crippen LogP contribution in [0.1, 0.15) is 92.9 Å². The van der Waals surface area contributed by atoms with E-state index in [9.17, 15) is 10.2 Å². The van der Waals surface area contributed by atoms with Gasteiger partial charge in [-0.15, -0.1) is 0 Å². The normalized spacial score (nSPS) is 17.8. The number of ether oxygens (including phenoxy) is 3. The number of aliphatic hydroxyl groups excluding tert-OH is 2. The lowest BCUT2D eigenvalue weighted by atomic mass is 9.90. The summed E-state index contributed by atoms with van der Waals surface area (Å²) in [6, 6.07) is 0. The average molecular weight is 447 g/mol. The quantitative estimate of drug-likeness (QED) is 0.216. The monoisotopic (exact) mass is 446 g/mol. The minimum Gasteiger partial charge on any atom is -0.393 e. The van der Waals surface area contributed by atoms with Crippen LogP contribution < -0.4 is 0 Å². The van der Waals surface area contributed by atoms with E-state index in [-0.39, 0.29) is 12.2 Å². The van der Waals surface area contributed by atoms with Gasteiger partial charge in [0.05, 0.1) is 38.6 Å². The molecule has 0 bridgehead atoms. The fourth-order valence-corrected chi connectivity index (χ4v) is 4.58. The molecule has 5 nitrogen and oxygen atoms in total. The van der Waals surface area contributed by atoms with Gasteiger partial charge >= 0.3 is 0 Å². The van der Waals surface area contributed by atoms with Gasteiger partial charge in [-0.2, -0.15) is 0 Å². The van der Waals surface area contributed by atoms with Gasteiger partial charge in [-0.3, -0.25) is 0 Å². The molecule has 0 aromatic heterocycles. The summed E-state index contributed by atoms with van der Waals surface area (Å²) in [7, 11) is 0. The van der Waals surface area contributed by atoms with Gasteiger partial charge in [-0.05, 0) is 88.9 Å². The van der Waals surface area contributed by atoms with Crippen molar-refractivity contribution in [3.05, 3.63) is 0 Å². The zero-order valence-corrected chi connectivity index (χ0v) is 21.5. The fourth-order valence-electron chi connectivity index (χ4n) is 4.58. The van der Waals surface area contributed by atoms with Crippen molar-refractivity contribution >= 4 is 0 Å². The van der Waals surface area contributed by atoms with Crippen molar-refractivity contribution in [2.75, 3.05) is 39.6 Å². The van der Waals surface area contributed by atoms with Gasteiger partial charge in [-0.25, -0.2) is 0 Å². The molecule has 0 spiro atoms. The van der Waals surface area contributed by atoms with Crippen LogP contribution in [0, 0.1) is 23.7 Å². The second-order valence-corrected chi connectivity index (χ2v) is 10.2. The van der Waals surface area contributed by atoms with E-state index < -0.39 is 0 Å². The van der Waals surface area contributed by atoms with Crippen LogP contribution in [0.5, 0.6) is 0 Å². The highest BCUT2D eigenvalue weighted by Crippen LogP contribution is 2.21. The third kappa shape index (κ3) is 22.8. The van der Waals surface area contributed by atoms with E-state index in [2.05, 4.69) is 27.7 Å². The molecule has 0 aromatic carbocycles. The van der Waals surface area contributed by atoms with Crippen LogP contribution in [-0.2, 0) is 14.2 Å². The highest BCUT2D eigenvalue weighted by atomic mass is 16.5. The lowest BCUT2D eigenvalue weighted by molar-refractivity contribution is 0.0123. The summed E-state index contributed by atoms with van der Waals surface area (Å²) >= 11 is 0. The SMILES string of the molecule is CC(O)CC(C)CC(C)CCCOCCOCCOCCCC(C)CC(C)CC(C)O. The van der Waals surface area contributed by atoms with E-state index in [1.165, 1.54) is 25.7 Å². The molecule has 0 fully saturated rings. The average Bonchev–Trinajstić information content (AvgIpc) is 2.63. The van der Waals surface area contributed by atoms with Crippen molar-refractivity contribution in [2.45, 2.75) is 105 Å². The Balaban J connectivity index is 3.35. The predicted molar refractivity (Wildman–Crippen MR) is 129 cm³/mol. The van der Waals surface area contributed by atoms with Gasteiger partial charge in [0.1, 0.15) is 0 Å². The molecule has 6 unspecified atom stereocenters. The lowest BCUT2D eigenvalue weighted by Crippen LogP contribution is -2.12. The van der Waals surface area contributed by atoms with Gasteiger partial charge in [0.15, 0.2) is 0 Å². The number of rotatable bonds is 22. The number of aliphatic hydroxyl groups is 2. The van der Waals surface area contributed by atoms with E-state index in [1.54, 1.807) is 0 Å². The van der Waals surface area contributed by atoms with E-state index in [4.69, 9.17) is 14.2 Å². The molecule has 0 aliphatic heterocycles. The molecule has 188 valence electrons. The van der Waals surface area contributed by atoms with Gasteiger partial charge < -0.3 is 24.4 Å². The Morgan fingerprint density at radius 1 is 0.452 bits per heavy atom. The smallest absolute Gasteiger partial charge is 0.0701 e. The third-order valence-electron chi connectivity index (χ3n) is 5.81. The van der Waals surface area contributed by atoms with Crippen LogP contribution in [0.15, 0.2) is 0 Å².